The molecule has 0 radical (unpaired) electrons. The number of nitrogens with one attached hydrogen (secondary N) is 2. The fraction of sp³-hybridized carbons (Fsp3) is 0.462. The van der Waals surface area contributed by atoms with Crippen molar-refractivity contribution in [3.8, 4) is 0 Å². The molecule has 6 nitrogen and oxygen atoms in total. The zero-order valence-corrected chi connectivity index (χ0v) is 10.8. The van der Waals surface area contributed by atoms with Crippen molar-refractivity contribution in [2.24, 2.45) is 5.41 Å². The first kappa shape index (κ1) is 13.5. The minimum atomic E-state index is -0.460. The summed E-state index contributed by atoms with van der Waals surface area (Å²) in [5.74, 6) is -0.0476. The minimum Gasteiger partial charge on any atom is -0.326 e. The molecule has 1 aromatic carbocycles. The van der Waals surface area contributed by atoms with E-state index in [0.29, 0.717) is 12.2 Å². The van der Waals surface area contributed by atoms with Crippen LogP contribution in [0.5, 0.6) is 0 Å². The Hall–Kier alpha value is -1.95. The number of nitrogens with zero attached hydrogens (tertiary/aromatic N) is 1. The Morgan fingerprint density at radius 2 is 2.11 bits per heavy atom. The number of non-ortho nitro benzene ring substituents is 1. The largest absolute Gasteiger partial charge is 0.326 e. The first-order valence-corrected chi connectivity index (χ1v) is 6.28. The lowest BCUT2D eigenvalue weighted by molar-refractivity contribution is -0.384. The topological polar surface area (TPSA) is 84.3 Å². The Bertz CT molecular complexity index is 478. The molecule has 1 saturated heterocycles. The van der Waals surface area contributed by atoms with Crippen molar-refractivity contribution in [1.29, 1.82) is 0 Å². The highest BCUT2D eigenvalue weighted by Gasteiger charge is 2.34. The van der Waals surface area contributed by atoms with Gasteiger partial charge in [-0.1, -0.05) is 0 Å². The van der Waals surface area contributed by atoms with E-state index in [9.17, 15) is 14.9 Å². The molecule has 19 heavy (non-hydrogen) atoms. The molecule has 1 aliphatic heterocycles. The van der Waals surface area contributed by atoms with Crippen molar-refractivity contribution >= 4 is 17.3 Å². The van der Waals surface area contributed by atoms with Crippen molar-refractivity contribution in [3.63, 3.8) is 0 Å². The Balaban J connectivity index is 2.04. The predicted molar refractivity (Wildman–Crippen MR) is 71.9 cm³/mol. The molecular formula is C13H17N3O3. The molecule has 2 rings (SSSR count). The number of carbonyl (C=O) groups is 1. The number of hydrogen-bond donors (Lipinski definition) is 2. The quantitative estimate of drug-likeness (QED) is 0.644. The van der Waals surface area contributed by atoms with Gasteiger partial charge in [0.25, 0.3) is 5.69 Å². The van der Waals surface area contributed by atoms with E-state index >= 15 is 0 Å². The van der Waals surface area contributed by atoms with Gasteiger partial charge in [-0.25, -0.2) is 0 Å². The molecule has 0 aromatic heterocycles. The number of amides is 1. The molecule has 102 valence electrons. The number of hydrogen-bond acceptors (Lipinski definition) is 4. The van der Waals surface area contributed by atoms with Gasteiger partial charge in [0.1, 0.15) is 0 Å². The number of rotatable bonds is 3. The number of benzene rings is 1. The molecule has 1 atom stereocenters. The number of piperidine rings is 1. The van der Waals surface area contributed by atoms with Gasteiger partial charge in [-0.2, -0.15) is 0 Å². The third-order valence-corrected chi connectivity index (χ3v) is 3.48. The molecule has 1 aromatic rings. The van der Waals surface area contributed by atoms with Crippen molar-refractivity contribution < 1.29 is 9.72 Å². The van der Waals surface area contributed by atoms with Gasteiger partial charge in [0.05, 0.1) is 10.3 Å². The van der Waals surface area contributed by atoms with Crippen molar-refractivity contribution in [1.82, 2.24) is 5.32 Å². The van der Waals surface area contributed by atoms with Gasteiger partial charge in [-0.15, -0.1) is 0 Å². The van der Waals surface area contributed by atoms with Crippen LogP contribution in [-0.4, -0.2) is 23.9 Å². The zero-order chi connectivity index (χ0) is 13.9. The summed E-state index contributed by atoms with van der Waals surface area (Å²) in [6.45, 7) is 3.53. The Kier molecular flexibility index (Phi) is 3.80. The highest BCUT2D eigenvalue weighted by Crippen LogP contribution is 2.27. The second-order valence-electron chi connectivity index (χ2n) is 5.10. The molecule has 0 saturated carbocycles. The lowest BCUT2D eigenvalue weighted by Gasteiger charge is -2.32. The number of carbonyl (C=O) groups excluding carboxylic acids is 1. The van der Waals surface area contributed by atoms with E-state index < -0.39 is 10.3 Å². The summed E-state index contributed by atoms with van der Waals surface area (Å²) in [7, 11) is 0. The molecule has 6 heteroatoms. The first-order valence-electron chi connectivity index (χ1n) is 6.28. The monoisotopic (exact) mass is 263 g/mol. The van der Waals surface area contributed by atoms with E-state index in [4.69, 9.17) is 0 Å². The predicted octanol–water partition coefficient (Wildman–Crippen LogP) is 1.92. The van der Waals surface area contributed by atoms with E-state index in [1.54, 1.807) is 12.1 Å². The summed E-state index contributed by atoms with van der Waals surface area (Å²) < 4.78 is 0. The Labute approximate surface area is 111 Å². The van der Waals surface area contributed by atoms with E-state index in [2.05, 4.69) is 10.6 Å². The van der Waals surface area contributed by atoms with Crippen LogP contribution < -0.4 is 10.6 Å². The van der Waals surface area contributed by atoms with Gasteiger partial charge < -0.3 is 10.6 Å². The molecular weight excluding hydrogens is 246 g/mol. The van der Waals surface area contributed by atoms with Crippen LogP contribution in [0.25, 0.3) is 0 Å². The van der Waals surface area contributed by atoms with Crippen LogP contribution in [0.4, 0.5) is 11.4 Å². The lowest BCUT2D eigenvalue weighted by atomic mass is 9.82. The molecule has 1 fully saturated rings. The van der Waals surface area contributed by atoms with Crippen LogP contribution in [0.3, 0.4) is 0 Å². The van der Waals surface area contributed by atoms with Gasteiger partial charge in [0.15, 0.2) is 0 Å². The number of nitro groups is 1. The standard InChI is InChI=1S/C13H17N3O3/c1-13(7-2-8-14-9-13)12(17)15-10-3-5-11(6-4-10)16(18)19/h3-6,14H,2,7-9H2,1H3,(H,15,17). The van der Waals surface area contributed by atoms with Crippen LogP contribution in [0.1, 0.15) is 19.8 Å². The van der Waals surface area contributed by atoms with Gasteiger partial charge in [-0.3, -0.25) is 14.9 Å². The summed E-state index contributed by atoms with van der Waals surface area (Å²) >= 11 is 0. The fourth-order valence-electron chi connectivity index (χ4n) is 2.20. The summed E-state index contributed by atoms with van der Waals surface area (Å²) in [5.41, 5.74) is 0.186. The summed E-state index contributed by atoms with van der Waals surface area (Å²) in [6.07, 6.45) is 1.82. The number of nitro benzene ring substituents is 1. The van der Waals surface area contributed by atoms with Crippen molar-refractivity contribution in [2.75, 3.05) is 18.4 Å². The molecule has 1 aliphatic rings. The highest BCUT2D eigenvalue weighted by atomic mass is 16.6. The first-order chi connectivity index (χ1) is 9.01. The van der Waals surface area contributed by atoms with Crippen LogP contribution in [0.15, 0.2) is 24.3 Å². The van der Waals surface area contributed by atoms with Crippen LogP contribution in [0, 0.1) is 15.5 Å². The van der Waals surface area contributed by atoms with E-state index in [1.807, 2.05) is 6.92 Å². The van der Waals surface area contributed by atoms with E-state index in [1.165, 1.54) is 12.1 Å². The van der Waals surface area contributed by atoms with Gasteiger partial charge in [0.2, 0.25) is 5.91 Å². The van der Waals surface area contributed by atoms with E-state index in [0.717, 1.165) is 19.4 Å². The third-order valence-electron chi connectivity index (χ3n) is 3.48. The third kappa shape index (κ3) is 3.08. The van der Waals surface area contributed by atoms with Gasteiger partial charge in [-0.05, 0) is 38.4 Å². The average Bonchev–Trinajstić information content (AvgIpc) is 2.40. The van der Waals surface area contributed by atoms with Gasteiger partial charge in [0, 0.05) is 24.4 Å². The smallest absolute Gasteiger partial charge is 0.269 e. The van der Waals surface area contributed by atoms with Crippen molar-refractivity contribution in [3.05, 3.63) is 34.4 Å². The minimum absolute atomic E-state index is 0.0172. The fourth-order valence-corrected chi connectivity index (χ4v) is 2.20. The lowest BCUT2D eigenvalue weighted by Crippen LogP contribution is -2.46. The normalized spacial score (nSPS) is 22.8. The molecule has 0 spiro atoms. The van der Waals surface area contributed by atoms with Crippen LogP contribution in [0.2, 0.25) is 0 Å². The molecule has 0 bridgehead atoms. The molecule has 1 unspecified atom stereocenters. The summed E-state index contributed by atoms with van der Waals surface area (Å²) in [5, 5.41) is 16.6. The average molecular weight is 263 g/mol. The maximum absolute atomic E-state index is 12.2. The number of anilines is 1. The van der Waals surface area contributed by atoms with Gasteiger partial charge >= 0.3 is 0 Å². The summed E-state index contributed by atoms with van der Waals surface area (Å²) in [4.78, 5) is 22.3. The van der Waals surface area contributed by atoms with Crippen molar-refractivity contribution in [2.45, 2.75) is 19.8 Å². The second kappa shape index (κ2) is 5.36. The zero-order valence-electron chi connectivity index (χ0n) is 10.8. The van der Waals surface area contributed by atoms with Crippen LogP contribution in [-0.2, 0) is 4.79 Å². The van der Waals surface area contributed by atoms with E-state index in [-0.39, 0.29) is 11.6 Å². The Morgan fingerprint density at radius 3 is 2.63 bits per heavy atom. The maximum atomic E-state index is 12.2. The maximum Gasteiger partial charge on any atom is 0.269 e. The highest BCUT2D eigenvalue weighted by molar-refractivity contribution is 5.95. The Morgan fingerprint density at radius 1 is 1.42 bits per heavy atom. The second-order valence-corrected chi connectivity index (χ2v) is 5.10. The molecule has 2 N–H and O–H groups in total. The molecule has 0 aliphatic carbocycles. The van der Waals surface area contributed by atoms with Crippen LogP contribution >= 0.6 is 0 Å². The molecule has 1 heterocycles. The molecule has 1 amide bonds. The summed E-state index contributed by atoms with van der Waals surface area (Å²) in [6, 6.07) is 5.87. The SMILES string of the molecule is CC1(C(=O)Nc2ccc([N+](=O)[O-])cc2)CCCNC1.